The number of aromatic nitrogens is 2. The Hall–Kier alpha value is -2.62. The molecule has 0 atom stereocenters. The summed E-state index contributed by atoms with van der Waals surface area (Å²) in [6, 6.07) is 12.2. The molecular weight excluding hydrogens is 310 g/mol. The molecule has 3 aromatic rings. The van der Waals surface area contributed by atoms with Crippen LogP contribution in [0.2, 0.25) is 0 Å². The second kappa shape index (κ2) is 6.71. The molecule has 4 rings (SSSR count). The summed E-state index contributed by atoms with van der Waals surface area (Å²) in [5, 5.41) is 1.34. The third kappa shape index (κ3) is 3.16. The summed E-state index contributed by atoms with van der Waals surface area (Å²) in [5.41, 5.74) is 4.62. The normalized spacial score (nSPS) is 15.6. The van der Waals surface area contributed by atoms with Gasteiger partial charge in [0.15, 0.2) is 0 Å². The van der Waals surface area contributed by atoms with Crippen LogP contribution in [0.5, 0.6) is 0 Å². The molecule has 0 bridgehead atoms. The first-order valence-electron chi connectivity index (χ1n) is 8.98. The molecule has 0 saturated carbocycles. The predicted octanol–water partition coefficient (Wildman–Crippen LogP) is 3.97. The minimum Gasteiger partial charge on any atom is -0.358 e. The molecule has 4 heteroatoms. The largest absolute Gasteiger partial charge is 0.358 e. The maximum absolute atomic E-state index is 12.5. The molecule has 1 N–H and O–H groups in total. The van der Waals surface area contributed by atoms with E-state index in [1.165, 1.54) is 22.2 Å². The molecule has 0 spiro atoms. The summed E-state index contributed by atoms with van der Waals surface area (Å²) in [4.78, 5) is 22.0. The molecule has 25 heavy (non-hydrogen) atoms. The molecule has 1 amide bonds. The Balaban J connectivity index is 1.42. The first-order valence-corrected chi connectivity index (χ1v) is 8.98. The van der Waals surface area contributed by atoms with Gasteiger partial charge < -0.3 is 9.88 Å². The van der Waals surface area contributed by atoms with Gasteiger partial charge in [0, 0.05) is 42.1 Å². The number of pyridine rings is 1. The van der Waals surface area contributed by atoms with Crippen LogP contribution in [0, 0.1) is 12.8 Å². The molecule has 1 aromatic carbocycles. The van der Waals surface area contributed by atoms with Gasteiger partial charge in [0.05, 0.1) is 5.56 Å². The summed E-state index contributed by atoms with van der Waals surface area (Å²) in [6.45, 7) is 3.83. The topological polar surface area (TPSA) is 49.0 Å². The number of hydrogen-bond acceptors (Lipinski definition) is 2. The third-order valence-corrected chi connectivity index (χ3v) is 5.33. The van der Waals surface area contributed by atoms with Crippen molar-refractivity contribution in [2.75, 3.05) is 13.1 Å². The summed E-state index contributed by atoms with van der Waals surface area (Å²) in [6.07, 6.45) is 6.57. The lowest BCUT2D eigenvalue weighted by molar-refractivity contribution is 0.0690. The Labute approximate surface area is 147 Å². The van der Waals surface area contributed by atoms with Gasteiger partial charge in [-0.05, 0) is 55.9 Å². The number of fused-ring (bicyclic) bond motifs is 1. The van der Waals surface area contributed by atoms with Crippen LogP contribution in [0.3, 0.4) is 0 Å². The zero-order chi connectivity index (χ0) is 17.2. The average molecular weight is 333 g/mol. The number of carbonyl (C=O) groups is 1. The number of carbonyl (C=O) groups excluding carboxylic acids is 1. The van der Waals surface area contributed by atoms with Crippen LogP contribution in [-0.2, 0) is 6.42 Å². The van der Waals surface area contributed by atoms with E-state index in [1.807, 2.05) is 17.0 Å². The maximum Gasteiger partial charge on any atom is 0.255 e. The lowest BCUT2D eigenvalue weighted by Gasteiger charge is -2.32. The van der Waals surface area contributed by atoms with Crippen LogP contribution in [0.4, 0.5) is 0 Å². The van der Waals surface area contributed by atoms with Crippen molar-refractivity contribution in [2.45, 2.75) is 26.2 Å². The highest BCUT2D eigenvalue weighted by Crippen LogP contribution is 2.29. The minimum absolute atomic E-state index is 0.106. The third-order valence-electron chi connectivity index (χ3n) is 5.33. The van der Waals surface area contributed by atoms with E-state index in [2.05, 4.69) is 41.2 Å². The fourth-order valence-corrected chi connectivity index (χ4v) is 3.90. The molecule has 0 aliphatic carbocycles. The minimum atomic E-state index is 0.106. The van der Waals surface area contributed by atoms with Gasteiger partial charge >= 0.3 is 0 Å². The van der Waals surface area contributed by atoms with Gasteiger partial charge in [0.1, 0.15) is 0 Å². The van der Waals surface area contributed by atoms with Crippen molar-refractivity contribution in [2.24, 2.45) is 5.92 Å². The molecule has 1 saturated heterocycles. The van der Waals surface area contributed by atoms with E-state index in [9.17, 15) is 4.79 Å². The van der Waals surface area contributed by atoms with E-state index in [0.717, 1.165) is 32.4 Å². The number of para-hydroxylation sites is 1. The fourth-order valence-electron chi connectivity index (χ4n) is 3.90. The van der Waals surface area contributed by atoms with Gasteiger partial charge in [0.2, 0.25) is 0 Å². The Morgan fingerprint density at radius 1 is 1.20 bits per heavy atom. The van der Waals surface area contributed by atoms with Crippen molar-refractivity contribution in [3.8, 4) is 0 Å². The Morgan fingerprint density at radius 3 is 2.76 bits per heavy atom. The lowest BCUT2D eigenvalue weighted by atomic mass is 9.89. The zero-order valence-electron chi connectivity index (χ0n) is 14.5. The van der Waals surface area contributed by atoms with Crippen LogP contribution in [0.25, 0.3) is 10.9 Å². The molecule has 0 unspecified atom stereocenters. The van der Waals surface area contributed by atoms with E-state index in [-0.39, 0.29) is 5.91 Å². The first-order chi connectivity index (χ1) is 12.2. The standard InChI is InChI=1S/C21H23N3O/c1-15-19(18-6-2-3-7-20(18)23-15)13-16-8-11-24(12-9-16)21(25)17-5-4-10-22-14-17/h2-7,10,14,16,23H,8-9,11-13H2,1H3. The molecule has 3 heterocycles. The number of aromatic amines is 1. The van der Waals surface area contributed by atoms with Gasteiger partial charge in [-0.15, -0.1) is 0 Å². The van der Waals surface area contributed by atoms with E-state index in [1.54, 1.807) is 12.4 Å². The molecule has 1 aliphatic rings. The molecule has 1 aliphatic heterocycles. The number of rotatable bonds is 3. The number of likely N-dealkylation sites (tertiary alicyclic amines) is 1. The second-order valence-corrected chi connectivity index (χ2v) is 6.96. The number of benzene rings is 1. The number of hydrogen-bond donors (Lipinski definition) is 1. The number of piperidine rings is 1. The van der Waals surface area contributed by atoms with Crippen LogP contribution >= 0.6 is 0 Å². The number of aryl methyl sites for hydroxylation is 1. The highest BCUT2D eigenvalue weighted by atomic mass is 16.2. The Bertz CT molecular complexity index is 877. The molecular formula is C21H23N3O. The summed E-state index contributed by atoms with van der Waals surface area (Å²) < 4.78 is 0. The summed E-state index contributed by atoms with van der Waals surface area (Å²) in [7, 11) is 0. The van der Waals surface area contributed by atoms with Crippen molar-refractivity contribution in [1.82, 2.24) is 14.9 Å². The highest BCUT2D eigenvalue weighted by molar-refractivity contribution is 5.93. The highest BCUT2D eigenvalue weighted by Gasteiger charge is 2.25. The monoisotopic (exact) mass is 333 g/mol. The van der Waals surface area contributed by atoms with Crippen LogP contribution in [-0.4, -0.2) is 33.9 Å². The van der Waals surface area contributed by atoms with E-state index in [0.29, 0.717) is 11.5 Å². The van der Waals surface area contributed by atoms with Gasteiger partial charge in [0.25, 0.3) is 5.91 Å². The van der Waals surface area contributed by atoms with Gasteiger partial charge in [-0.1, -0.05) is 18.2 Å². The van der Waals surface area contributed by atoms with E-state index >= 15 is 0 Å². The average Bonchev–Trinajstić information content (AvgIpc) is 2.98. The number of H-pyrrole nitrogens is 1. The van der Waals surface area contributed by atoms with Crippen molar-refractivity contribution in [1.29, 1.82) is 0 Å². The van der Waals surface area contributed by atoms with Crippen LogP contribution < -0.4 is 0 Å². The van der Waals surface area contributed by atoms with Crippen LogP contribution in [0.1, 0.15) is 34.5 Å². The summed E-state index contributed by atoms with van der Waals surface area (Å²) >= 11 is 0. The van der Waals surface area contributed by atoms with Crippen molar-refractivity contribution < 1.29 is 4.79 Å². The molecule has 2 aromatic heterocycles. The fraction of sp³-hybridized carbons (Fsp3) is 0.333. The number of amides is 1. The Morgan fingerprint density at radius 2 is 2.00 bits per heavy atom. The predicted molar refractivity (Wildman–Crippen MR) is 99.6 cm³/mol. The zero-order valence-corrected chi connectivity index (χ0v) is 14.5. The molecule has 1 fully saturated rings. The summed E-state index contributed by atoms with van der Waals surface area (Å²) in [5.74, 6) is 0.741. The SMILES string of the molecule is Cc1[nH]c2ccccc2c1CC1CCN(C(=O)c2cccnc2)CC1. The molecule has 128 valence electrons. The van der Waals surface area contributed by atoms with Crippen molar-refractivity contribution >= 4 is 16.8 Å². The van der Waals surface area contributed by atoms with Gasteiger partial charge in [-0.25, -0.2) is 0 Å². The van der Waals surface area contributed by atoms with Gasteiger partial charge in [-0.2, -0.15) is 0 Å². The maximum atomic E-state index is 12.5. The number of nitrogens with zero attached hydrogens (tertiary/aromatic N) is 2. The van der Waals surface area contributed by atoms with Crippen molar-refractivity contribution in [3.63, 3.8) is 0 Å². The second-order valence-electron chi connectivity index (χ2n) is 6.96. The smallest absolute Gasteiger partial charge is 0.255 e. The quantitative estimate of drug-likeness (QED) is 0.788. The lowest BCUT2D eigenvalue weighted by Crippen LogP contribution is -2.39. The van der Waals surface area contributed by atoms with Crippen LogP contribution in [0.15, 0.2) is 48.8 Å². The Kier molecular flexibility index (Phi) is 4.26. The van der Waals surface area contributed by atoms with Gasteiger partial charge in [-0.3, -0.25) is 9.78 Å². The van der Waals surface area contributed by atoms with Crippen molar-refractivity contribution in [3.05, 3.63) is 65.6 Å². The molecule has 0 radical (unpaired) electrons. The number of nitrogens with one attached hydrogen (secondary N) is 1. The van der Waals surface area contributed by atoms with E-state index < -0.39 is 0 Å². The van der Waals surface area contributed by atoms with E-state index in [4.69, 9.17) is 0 Å². The first kappa shape index (κ1) is 15.9. The molecule has 4 nitrogen and oxygen atoms in total.